The standard InChI is InChI=1S/C26H30N2O8/c1-33-21(29)25(27-23(31)35-17-19-9-5-3-6-10-19)13-15-26(16-14-25,22(30)34-2)28-24(32)36-18-20-11-7-4-8-12-20/h3-12H,13-18H2,1-2H3,(H,27,31)(H,28,32). The van der Waals surface area contributed by atoms with Gasteiger partial charge in [-0.3, -0.25) is 0 Å². The fourth-order valence-corrected chi connectivity index (χ4v) is 4.16. The third-order valence-electron chi connectivity index (χ3n) is 6.22. The molecule has 1 aliphatic rings. The minimum absolute atomic E-state index is 0.00578. The Bertz CT molecular complexity index is 965. The Balaban J connectivity index is 1.66. The number of hydrogen-bond donors (Lipinski definition) is 2. The van der Waals surface area contributed by atoms with E-state index >= 15 is 0 Å². The van der Waals surface area contributed by atoms with Crippen LogP contribution in [0.4, 0.5) is 9.59 Å². The van der Waals surface area contributed by atoms with E-state index in [4.69, 9.17) is 18.9 Å². The number of methoxy groups -OCH3 is 2. The first-order valence-corrected chi connectivity index (χ1v) is 11.5. The molecule has 2 aromatic rings. The van der Waals surface area contributed by atoms with E-state index in [0.29, 0.717) is 0 Å². The number of rotatable bonds is 8. The van der Waals surface area contributed by atoms with E-state index in [-0.39, 0.29) is 38.9 Å². The number of alkyl carbamates (subject to hydrolysis) is 2. The van der Waals surface area contributed by atoms with Crippen LogP contribution in [0.5, 0.6) is 0 Å². The van der Waals surface area contributed by atoms with Crippen LogP contribution in [-0.2, 0) is 41.8 Å². The highest BCUT2D eigenvalue weighted by atomic mass is 16.6. The second kappa shape index (κ2) is 12.1. The number of ether oxygens (including phenoxy) is 4. The van der Waals surface area contributed by atoms with Crippen molar-refractivity contribution in [2.75, 3.05) is 14.2 Å². The fraction of sp³-hybridized carbons (Fsp3) is 0.385. The van der Waals surface area contributed by atoms with Crippen molar-refractivity contribution in [2.24, 2.45) is 0 Å². The maximum atomic E-state index is 12.7. The summed E-state index contributed by atoms with van der Waals surface area (Å²) in [7, 11) is 2.42. The highest BCUT2D eigenvalue weighted by molar-refractivity contribution is 5.89. The largest absolute Gasteiger partial charge is 0.467 e. The molecule has 0 heterocycles. The van der Waals surface area contributed by atoms with E-state index in [1.165, 1.54) is 14.2 Å². The normalized spacial score (nSPS) is 20.9. The van der Waals surface area contributed by atoms with E-state index in [1.54, 1.807) is 24.3 Å². The first-order valence-electron chi connectivity index (χ1n) is 11.5. The Kier molecular flexibility index (Phi) is 8.88. The van der Waals surface area contributed by atoms with Crippen molar-refractivity contribution < 1.29 is 38.1 Å². The van der Waals surface area contributed by atoms with Crippen LogP contribution in [0.1, 0.15) is 36.8 Å². The van der Waals surface area contributed by atoms with Gasteiger partial charge >= 0.3 is 24.1 Å². The summed E-state index contributed by atoms with van der Waals surface area (Å²) in [6, 6.07) is 18.2. The summed E-state index contributed by atoms with van der Waals surface area (Å²) in [4.78, 5) is 50.5. The Hall–Kier alpha value is -4.08. The molecule has 0 radical (unpaired) electrons. The molecule has 10 heteroatoms. The molecule has 0 aliphatic heterocycles. The van der Waals surface area contributed by atoms with Gasteiger partial charge in [-0.25, -0.2) is 19.2 Å². The number of hydrogen-bond acceptors (Lipinski definition) is 8. The van der Waals surface area contributed by atoms with Crippen LogP contribution in [0.15, 0.2) is 60.7 Å². The van der Waals surface area contributed by atoms with Crippen LogP contribution in [0, 0.1) is 0 Å². The van der Waals surface area contributed by atoms with Gasteiger partial charge in [-0.15, -0.1) is 0 Å². The van der Waals surface area contributed by atoms with Crippen LogP contribution in [0.3, 0.4) is 0 Å². The zero-order chi connectivity index (χ0) is 26.0. The van der Waals surface area contributed by atoms with E-state index in [2.05, 4.69) is 10.6 Å². The van der Waals surface area contributed by atoms with Crippen LogP contribution >= 0.6 is 0 Å². The number of carbonyl (C=O) groups excluding carboxylic acids is 4. The Labute approximate surface area is 209 Å². The van der Waals surface area contributed by atoms with E-state index < -0.39 is 35.2 Å². The minimum Gasteiger partial charge on any atom is -0.467 e. The third kappa shape index (κ3) is 6.53. The van der Waals surface area contributed by atoms with Crippen LogP contribution < -0.4 is 10.6 Å². The van der Waals surface area contributed by atoms with Crippen molar-refractivity contribution in [3.05, 3.63) is 71.8 Å². The SMILES string of the molecule is COC(=O)C1(NC(=O)OCc2ccccc2)CCC(NC(=O)OCc2ccccc2)(C(=O)OC)CC1. The molecule has 3 rings (SSSR count). The lowest BCUT2D eigenvalue weighted by molar-refractivity contribution is -0.156. The number of carbonyl (C=O) groups is 4. The maximum absolute atomic E-state index is 12.7. The zero-order valence-corrected chi connectivity index (χ0v) is 20.3. The molecule has 2 N–H and O–H groups in total. The van der Waals surface area contributed by atoms with Gasteiger partial charge in [0.1, 0.15) is 24.3 Å². The molecule has 192 valence electrons. The number of nitrogens with one attached hydrogen (secondary N) is 2. The molecule has 1 saturated carbocycles. The Morgan fingerprint density at radius 2 is 0.972 bits per heavy atom. The molecular formula is C26H30N2O8. The van der Waals surface area contributed by atoms with Gasteiger partial charge in [-0.1, -0.05) is 60.7 Å². The number of benzene rings is 2. The van der Waals surface area contributed by atoms with Gasteiger partial charge in [0.2, 0.25) is 0 Å². The van der Waals surface area contributed by atoms with Crippen molar-refractivity contribution in [3.8, 4) is 0 Å². The summed E-state index contributed by atoms with van der Waals surface area (Å²) in [5.74, 6) is -1.35. The summed E-state index contributed by atoms with van der Waals surface area (Å²) in [5, 5.41) is 5.23. The average Bonchev–Trinajstić information content (AvgIpc) is 2.92. The van der Waals surface area contributed by atoms with Crippen LogP contribution in [0.2, 0.25) is 0 Å². The number of esters is 2. The van der Waals surface area contributed by atoms with Crippen LogP contribution in [-0.4, -0.2) is 49.4 Å². The van der Waals surface area contributed by atoms with Gasteiger partial charge in [0.05, 0.1) is 14.2 Å². The summed E-state index contributed by atoms with van der Waals surface area (Å²) in [6.45, 7) is 0.0374. The van der Waals surface area contributed by atoms with E-state index in [1.807, 2.05) is 36.4 Å². The topological polar surface area (TPSA) is 129 Å². The summed E-state index contributed by atoms with van der Waals surface area (Å²) >= 11 is 0. The van der Waals surface area contributed by atoms with E-state index in [0.717, 1.165) is 11.1 Å². The highest BCUT2D eigenvalue weighted by Gasteiger charge is 2.53. The fourth-order valence-electron chi connectivity index (χ4n) is 4.16. The monoisotopic (exact) mass is 498 g/mol. The molecule has 0 aromatic heterocycles. The lowest BCUT2D eigenvalue weighted by atomic mass is 9.72. The van der Waals surface area contributed by atoms with Gasteiger partial charge in [0, 0.05) is 0 Å². The van der Waals surface area contributed by atoms with Crippen LogP contribution in [0.25, 0.3) is 0 Å². The zero-order valence-electron chi connectivity index (χ0n) is 20.3. The molecule has 1 fully saturated rings. The van der Waals surface area contributed by atoms with Gasteiger partial charge in [-0.05, 0) is 36.8 Å². The summed E-state index contributed by atoms with van der Waals surface area (Å²) in [6.07, 6.45) is -1.62. The molecule has 0 spiro atoms. The summed E-state index contributed by atoms with van der Waals surface area (Å²) < 4.78 is 20.4. The predicted octanol–water partition coefficient (Wildman–Crippen LogP) is 3.24. The quantitative estimate of drug-likeness (QED) is 0.419. The van der Waals surface area contributed by atoms with Gasteiger partial charge in [0.25, 0.3) is 0 Å². The predicted molar refractivity (Wildman–Crippen MR) is 127 cm³/mol. The molecule has 0 saturated heterocycles. The maximum Gasteiger partial charge on any atom is 0.408 e. The molecule has 36 heavy (non-hydrogen) atoms. The lowest BCUT2D eigenvalue weighted by Crippen LogP contribution is -2.64. The molecule has 1 aliphatic carbocycles. The molecular weight excluding hydrogens is 468 g/mol. The van der Waals surface area contributed by atoms with Crippen molar-refractivity contribution in [1.29, 1.82) is 0 Å². The summed E-state index contributed by atoms with van der Waals surface area (Å²) in [5.41, 5.74) is -1.30. The van der Waals surface area contributed by atoms with Crippen molar-refractivity contribution in [1.82, 2.24) is 10.6 Å². The molecule has 2 aromatic carbocycles. The molecule has 0 bridgehead atoms. The molecule has 0 unspecified atom stereocenters. The molecule has 2 amide bonds. The average molecular weight is 499 g/mol. The smallest absolute Gasteiger partial charge is 0.408 e. The molecule has 0 atom stereocenters. The van der Waals surface area contributed by atoms with Crippen molar-refractivity contribution in [3.63, 3.8) is 0 Å². The Morgan fingerprint density at radius 3 is 1.28 bits per heavy atom. The third-order valence-corrected chi connectivity index (χ3v) is 6.22. The minimum atomic E-state index is -1.43. The first-order chi connectivity index (χ1) is 17.3. The lowest BCUT2D eigenvalue weighted by Gasteiger charge is -2.43. The second-order valence-corrected chi connectivity index (χ2v) is 8.52. The first kappa shape index (κ1) is 26.5. The van der Waals surface area contributed by atoms with E-state index in [9.17, 15) is 19.2 Å². The van der Waals surface area contributed by atoms with Crippen molar-refractivity contribution in [2.45, 2.75) is 50.0 Å². The molecule has 10 nitrogen and oxygen atoms in total. The van der Waals surface area contributed by atoms with Crippen molar-refractivity contribution >= 4 is 24.1 Å². The van der Waals surface area contributed by atoms with Gasteiger partial charge < -0.3 is 29.6 Å². The highest BCUT2D eigenvalue weighted by Crippen LogP contribution is 2.37. The number of amides is 2. The Morgan fingerprint density at radius 1 is 0.639 bits per heavy atom. The second-order valence-electron chi connectivity index (χ2n) is 8.52. The van der Waals surface area contributed by atoms with Gasteiger partial charge in [-0.2, -0.15) is 0 Å². The van der Waals surface area contributed by atoms with Gasteiger partial charge in [0.15, 0.2) is 0 Å².